The highest BCUT2D eigenvalue weighted by Gasteiger charge is 2.12. The Labute approximate surface area is 148 Å². The monoisotopic (exact) mass is 331 g/mol. The molecule has 0 aliphatic carbocycles. The molecule has 0 aromatic heterocycles. The molecule has 0 atom stereocenters. The van der Waals surface area contributed by atoms with Gasteiger partial charge in [0.25, 0.3) is 0 Å². The minimum Gasteiger partial charge on any atom is -0.497 e. The van der Waals surface area contributed by atoms with Gasteiger partial charge in [-0.3, -0.25) is 0 Å². The first kappa shape index (κ1) is 16.8. The first-order chi connectivity index (χ1) is 12.2. The summed E-state index contributed by atoms with van der Waals surface area (Å²) < 4.78 is 5.26. The van der Waals surface area contributed by atoms with Gasteiger partial charge in [-0.25, -0.2) is 0 Å². The van der Waals surface area contributed by atoms with Gasteiger partial charge in [0.05, 0.1) is 13.7 Å². The maximum Gasteiger partial charge on any atom is 0.119 e. The molecule has 0 amide bonds. The van der Waals surface area contributed by atoms with Crippen LogP contribution in [0.3, 0.4) is 0 Å². The molecule has 3 heteroatoms. The summed E-state index contributed by atoms with van der Waals surface area (Å²) in [5.74, 6) is 0.821. The molecule has 0 aliphatic rings. The maximum atomic E-state index is 9.28. The highest BCUT2D eigenvalue weighted by Crippen LogP contribution is 2.35. The molecule has 0 saturated carbocycles. The van der Waals surface area contributed by atoms with E-state index in [0.29, 0.717) is 0 Å². The molecule has 3 aromatic rings. The second-order valence-corrected chi connectivity index (χ2v) is 5.65. The van der Waals surface area contributed by atoms with Gasteiger partial charge in [-0.05, 0) is 59.7 Å². The van der Waals surface area contributed by atoms with E-state index in [-0.39, 0.29) is 6.61 Å². The summed E-state index contributed by atoms with van der Waals surface area (Å²) in [6, 6.07) is 24.1. The number of rotatable bonds is 6. The average molecular weight is 331 g/mol. The molecule has 25 heavy (non-hydrogen) atoms. The Hall–Kier alpha value is -3.04. The van der Waals surface area contributed by atoms with Crippen molar-refractivity contribution >= 4 is 23.1 Å². The van der Waals surface area contributed by atoms with E-state index in [1.54, 1.807) is 7.11 Å². The Morgan fingerprint density at radius 3 is 1.76 bits per heavy atom. The summed E-state index contributed by atoms with van der Waals surface area (Å²) in [5.41, 5.74) is 5.07. The van der Waals surface area contributed by atoms with E-state index in [1.165, 1.54) is 0 Å². The van der Waals surface area contributed by atoms with E-state index in [9.17, 15) is 5.11 Å². The van der Waals surface area contributed by atoms with Crippen molar-refractivity contribution in [2.24, 2.45) is 0 Å². The molecule has 0 bridgehead atoms. The number of hydrogen-bond acceptors (Lipinski definition) is 3. The molecule has 0 fully saturated rings. The largest absolute Gasteiger partial charge is 0.497 e. The van der Waals surface area contributed by atoms with Crippen LogP contribution >= 0.6 is 0 Å². The lowest BCUT2D eigenvalue weighted by Gasteiger charge is -2.26. The average Bonchev–Trinajstić information content (AvgIpc) is 2.70. The highest BCUT2D eigenvalue weighted by atomic mass is 16.5. The molecular formula is C22H21NO2. The van der Waals surface area contributed by atoms with Gasteiger partial charge in [-0.1, -0.05) is 36.9 Å². The Balaban J connectivity index is 2.06. The summed E-state index contributed by atoms with van der Waals surface area (Å²) in [5, 5.41) is 9.28. The number of ether oxygens (including phenoxy) is 1. The van der Waals surface area contributed by atoms with Crippen LogP contribution in [0.1, 0.15) is 11.1 Å². The molecule has 0 spiro atoms. The molecule has 126 valence electrons. The predicted molar refractivity (Wildman–Crippen MR) is 104 cm³/mol. The second kappa shape index (κ2) is 7.69. The van der Waals surface area contributed by atoms with E-state index >= 15 is 0 Å². The third-order valence-electron chi connectivity index (χ3n) is 4.09. The van der Waals surface area contributed by atoms with Crippen molar-refractivity contribution in [1.82, 2.24) is 0 Å². The summed E-state index contributed by atoms with van der Waals surface area (Å²) in [6.07, 6.45) is 1.83. The van der Waals surface area contributed by atoms with Crippen LogP contribution in [0, 0.1) is 0 Å². The summed E-state index contributed by atoms with van der Waals surface area (Å²) in [7, 11) is 1.66. The van der Waals surface area contributed by atoms with Gasteiger partial charge < -0.3 is 14.7 Å². The van der Waals surface area contributed by atoms with E-state index < -0.39 is 0 Å². The standard InChI is InChI=1S/C22H21NO2/c1-3-17-4-8-19(9-5-17)23(20-10-6-18(16-24)7-11-20)21-12-14-22(25-2)15-13-21/h3-15,24H,1,16H2,2H3. The van der Waals surface area contributed by atoms with Crippen LogP contribution in [0.4, 0.5) is 17.1 Å². The first-order valence-corrected chi connectivity index (χ1v) is 8.11. The molecular weight excluding hydrogens is 310 g/mol. The number of nitrogens with zero attached hydrogens (tertiary/aromatic N) is 1. The number of benzene rings is 3. The molecule has 0 radical (unpaired) electrons. The van der Waals surface area contributed by atoms with Gasteiger partial charge in [-0.15, -0.1) is 0 Å². The maximum absolute atomic E-state index is 9.28. The fourth-order valence-electron chi connectivity index (χ4n) is 2.69. The number of hydrogen-bond donors (Lipinski definition) is 1. The lowest BCUT2D eigenvalue weighted by molar-refractivity contribution is 0.282. The van der Waals surface area contributed by atoms with E-state index in [0.717, 1.165) is 33.9 Å². The van der Waals surface area contributed by atoms with Crippen LogP contribution < -0.4 is 9.64 Å². The van der Waals surface area contributed by atoms with Gasteiger partial charge in [0.1, 0.15) is 5.75 Å². The smallest absolute Gasteiger partial charge is 0.119 e. The lowest BCUT2D eigenvalue weighted by Crippen LogP contribution is -2.10. The van der Waals surface area contributed by atoms with Gasteiger partial charge in [0.2, 0.25) is 0 Å². The van der Waals surface area contributed by atoms with Crippen molar-refractivity contribution in [2.45, 2.75) is 6.61 Å². The van der Waals surface area contributed by atoms with Crippen LogP contribution in [0.25, 0.3) is 6.08 Å². The van der Waals surface area contributed by atoms with Crippen LogP contribution in [0.2, 0.25) is 0 Å². The van der Waals surface area contributed by atoms with Crippen LogP contribution in [-0.2, 0) is 6.61 Å². The van der Waals surface area contributed by atoms with Gasteiger partial charge in [0.15, 0.2) is 0 Å². The minimum absolute atomic E-state index is 0.0385. The van der Waals surface area contributed by atoms with E-state index in [1.807, 2.05) is 66.7 Å². The summed E-state index contributed by atoms with van der Waals surface area (Å²) in [4.78, 5) is 2.16. The number of anilines is 3. The first-order valence-electron chi connectivity index (χ1n) is 8.11. The fourth-order valence-corrected chi connectivity index (χ4v) is 2.69. The normalized spacial score (nSPS) is 10.3. The molecule has 0 aliphatic heterocycles. The minimum atomic E-state index is 0.0385. The van der Waals surface area contributed by atoms with Crippen LogP contribution in [0.15, 0.2) is 79.4 Å². The van der Waals surface area contributed by atoms with Crippen molar-refractivity contribution in [2.75, 3.05) is 12.0 Å². The fraction of sp³-hybridized carbons (Fsp3) is 0.0909. The van der Waals surface area contributed by atoms with Gasteiger partial charge in [-0.2, -0.15) is 0 Å². The van der Waals surface area contributed by atoms with Crippen molar-refractivity contribution < 1.29 is 9.84 Å². The highest BCUT2D eigenvalue weighted by molar-refractivity contribution is 5.77. The van der Waals surface area contributed by atoms with Crippen LogP contribution in [0.5, 0.6) is 5.75 Å². The van der Waals surface area contributed by atoms with Crippen LogP contribution in [-0.4, -0.2) is 12.2 Å². The number of aliphatic hydroxyl groups excluding tert-OH is 1. The zero-order chi connectivity index (χ0) is 17.6. The van der Waals surface area contributed by atoms with E-state index in [4.69, 9.17) is 4.74 Å². The zero-order valence-corrected chi connectivity index (χ0v) is 14.2. The molecule has 3 aromatic carbocycles. The third kappa shape index (κ3) is 3.73. The third-order valence-corrected chi connectivity index (χ3v) is 4.09. The second-order valence-electron chi connectivity index (χ2n) is 5.65. The van der Waals surface area contributed by atoms with Crippen molar-refractivity contribution in [3.63, 3.8) is 0 Å². The Bertz CT molecular complexity index is 774. The quantitative estimate of drug-likeness (QED) is 0.665. The molecule has 3 nitrogen and oxygen atoms in total. The molecule has 0 unspecified atom stereocenters. The topological polar surface area (TPSA) is 32.7 Å². The summed E-state index contributed by atoms with van der Waals surface area (Å²) >= 11 is 0. The van der Waals surface area contributed by atoms with Gasteiger partial charge in [0, 0.05) is 17.1 Å². The van der Waals surface area contributed by atoms with Crippen molar-refractivity contribution in [3.05, 3.63) is 90.5 Å². The molecule has 3 rings (SSSR count). The summed E-state index contributed by atoms with van der Waals surface area (Å²) in [6.45, 7) is 3.85. The zero-order valence-electron chi connectivity index (χ0n) is 14.2. The molecule has 0 saturated heterocycles. The van der Waals surface area contributed by atoms with Crippen molar-refractivity contribution in [1.29, 1.82) is 0 Å². The number of aliphatic hydroxyl groups is 1. The number of methoxy groups -OCH3 is 1. The Morgan fingerprint density at radius 2 is 1.32 bits per heavy atom. The van der Waals surface area contributed by atoms with Gasteiger partial charge >= 0.3 is 0 Å². The molecule has 0 heterocycles. The van der Waals surface area contributed by atoms with Crippen molar-refractivity contribution in [3.8, 4) is 5.75 Å². The predicted octanol–water partition coefficient (Wildman–Crippen LogP) is 5.30. The lowest BCUT2D eigenvalue weighted by atomic mass is 10.1. The SMILES string of the molecule is C=Cc1ccc(N(c2ccc(CO)cc2)c2ccc(OC)cc2)cc1. The Morgan fingerprint density at radius 1 is 0.840 bits per heavy atom. The Kier molecular flexibility index (Phi) is 5.17. The van der Waals surface area contributed by atoms with E-state index in [2.05, 4.69) is 23.6 Å². The molecule has 1 N–H and O–H groups in total.